The Bertz CT molecular complexity index is 417. The summed E-state index contributed by atoms with van der Waals surface area (Å²) in [6.45, 7) is 8.41. The van der Waals surface area contributed by atoms with Crippen LogP contribution in [0.4, 0.5) is 0 Å². The molecular formula is C18H30N2O. The van der Waals surface area contributed by atoms with Crippen LogP contribution in [0.3, 0.4) is 0 Å². The highest BCUT2D eigenvalue weighted by Gasteiger charge is 2.38. The molecule has 1 aliphatic rings. The normalized spacial score (nSPS) is 26.8. The SMILES string of the molecule is CC(C)(C)C1CCC(CN)(OCCc2cccnc2)CC1. The first-order valence-corrected chi connectivity index (χ1v) is 8.18. The summed E-state index contributed by atoms with van der Waals surface area (Å²) in [6, 6.07) is 4.07. The summed E-state index contributed by atoms with van der Waals surface area (Å²) in [5.74, 6) is 0.791. The van der Waals surface area contributed by atoms with Crippen molar-refractivity contribution in [1.29, 1.82) is 0 Å². The largest absolute Gasteiger partial charge is 0.373 e. The van der Waals surface area contributed by atoms with E-state index in [4.69, 9.17) is 10.5 Å². The predicted octanol–water partition coefficient (Wildman–Crippen LogP) is 3.57. The van der Waals surface area contributed by atoms with E-state index in [1.807, 2.05) is 12.3 Å². The summed E-state index contributed by atoms with van der Waals surface area (Å²) in [5, 5.41) is 0. The maximum Gasteiger partial charge on any atom is 0.0804 e. The maximum atomic E-state index is 6.23. The van der Waals surface area contributed by atoms with Gasteiger partial charge in [-0.15, -0.1) is 0 Å². The van der Waals surface area contributed by atoms with Crippen molar-refractivity contribution in [3.63, 3.8) is 0 Å². The number of hydrogen-bond donors (Lipinski definition) is 1. The van der Waals surface area contributed by atoms with Gasteiger partial charge in [-0.25, -0.2) is 0 Å². The summed E-state index contributed by atoms with van der Waals surface area (Å²) >= 11 is 0. The van der Waals surface area contributed by atoms with Crippen LogP contribution in [0.1, 0.15) is 52.0 Å². The Kier molecular flexibility index (Phi) is 5.39. The molecule has 0 radical (unpaired) electrons. The Morgan fingerprint density at radius 1 is 1.33 bits per heavy atom. The number of nitrogens with zero attached hydrogens (tertiary/aromatic N) is 1. The molecule has 0 atom stereocenters. The van der Waals surface area contributed by atoms with Crippen LogP contribution in [0.25, 0.3) is 0 Å². The fourth-order valence-electron chi connectivity index (χ4n) is 3.35. The van der Waals surface area contributed by atoms with E-state index in [0.717, 1.165) is 31.8 Å². The second kappa shape index (κ2) is 6.89. The lowest BCUT2D eigenvalue weighted by Gasteiger charge is -2.43. The van der Waals surface area contributed by atoms with Crippen LogP contribution in [0.15, 0.2) is 24.5 Å². The Morgan fingerprint density at radius 3 is 2.57 bits per heavy atom. The first-order chi connectivity index (χ1) is 9.95. The van der Waals surface area contributed by atoms with Gasteiger partial charge in [-0.3, -0.25) is 4.98 Å². The van der Waals surface area contributed by atoms with Crippen molar-refractivity contribution in [2.75, 3.05) is 13.2 Å². The van der Waals surface area contributed by atoms with Crippen LogP contribution in [-0.4, -0.2) is 23.7 Å². The van der Waals surface area contributed by atoms with Crippen molar-refractivity contribution >= 4 is 0 Å². The van der Waals surface area contributed by atoms with E-state index in [9.17, 15) is 0 Å². The Morgan fingerprint density at radius 2 is 2.05 bits per heavy atom. The van der Waals surface area contributed by atoms with Crippen LogP contribution < -0.4 is 5.73 Å². The Hall–Kier alpha value is -0.930. The highest BCUT2D eigenvalue weighted by atomic mass is 16.5. The molecule has 0 spiro atoms. The molecule has 3 nitrogen and oxygen atoms in total. The van der Waals surface area contributed by atoms with Gasteiger partial charge in [0.25, 0.3) is 0 Å². The number of hydrogen-bond acceptors (Lipinski definition) is 3. The van der Waals surface area contributed by atoms with E-state index < -0.39 is 0 Å². The number of nitrogens with two attached hydrogens (primary N) is 1. The maximum absolute atomic E-state index is 6.23. The highest BCUT2D eigenvalue weighted by Crippen LogP contribution is 2.42. The molecule has 118 valence electrons. The van der Waals surface area contributed by atoms with Crippen LogP contribution in [0.5, 0.6) is 0 Å². The zero-order valence-corrected chi connectivity index (χ0v) is 13.8. The molecule has 0 aromatic carbocycles. The van der Waals surface area contributed by atoms with Gasteiger partial charge in [0.05, 0.1) is 12.2 Å². The van der Waals surface area contributed by atoms with Crippen molar-refractivity contribution in [1.82, 2.24) is 4.98 Å². The van der Waals surface area contributed by atoms with Gasteiger partial charge in [0.1, 0.15) is 0 Å². The zero-order chi connectivity index (χ0) is 15.3. The van der Waals surface area contributed by atoms with E-state index in [-0.39, 0.29) is 5.60 Å². The third-order valence-corrected chi connectivity index (χ3v) is 5.02. The van der Waals surface area contributed by atoms with Crippen LogP contribution in [0, 0.1) is 11.3 Å². The van der Waals surface area contributed by atoms with Crippen LogP contribution in [-0.2, 0) is 11.2 Å². The topological polar surface area (TPSA) is 48.1 Å². The van der Waals surface area contributed by atoms with E-state index in [2.05, 4.69) is 31.8 Å². The summed E-state index contributed by atoms with van der Waals surface area (Å²) in [4.78, 5) is 4.14. The number of ether oxygens (including phenoxy) is 1. The summed E-state index contributed by atoms with van der Waals surface area (Å²) < 4.78 is 6.23. The van der Waals surface area contributed by atoms with E-state index in [1.165, 1.54) is 18.4 Å². The van der Waals surface area contributed by atoms with Gasteiger partial charge in [-0.1, -0.05) is 26.8 Å². The molecule has 0 unspecified atom stereocenters. The van der Waals surface area contributed by atoms with Gasteiger partial charge in [-0.05, 0) is 55.1 Å². The van der Waals surface area contributed by atoms with Gasteiger partial charge in [0.15, 0.2) is 0 Å². The molecule has 1 fully saturated rings. The first kappa shape index (κ1) is 16.4. The highest BCUT2D eigenvalue weighted by molar-refractivity contribution is 5.08. The van der Waals surface area contributed by atoms with E-state index in [0.29, 0.717) is 12.0 Å². The second-order valence-electron chi connectivity index (χ2n) is 7.49. The van der Waals surface area contributed by atoms with Gasteiger partial charge in [0.2, 0.25) is 0 Å². The van der Waals surface area contributed by atoms with Crippen molar-refractivity contribution < 1.29 is 4.74 Å². The molecular weight excluding hydrogens is 260 g/mol. The van der Waals surface area contributed by atoms with Crippen LogP contribution in [0.2, 0.25) is 0 Å². The minimum absolute atomic E-state index is 0.0933. The molecule has 1 heterocycles. The van der Waals surface area contributed by atoms with Crippen molar-refractivity contribution in [3.05, 3.63) is 30.1 Å². The monoisotopic (exact) mass is 290 g/mol. The van der Waals surface area contributed by atoms with E-state index >= 15 is 0 Å². The standard InChI is InChI=1S/C18H30N2O/c1-17(2,3)16-6-9-18(14-19,10-7-16)21-12-8-15-5-4-11-20-13-15/h4-5,11,13,16H,6-10,12,14,19H2,1-3H3. The predicted molar refractivity (Wildman–Crippen MR) is 87.1 cm³/mol. The number of rotatable bonds is 5. The molecule has 0 amide bonds. The van der Waals surface area contributed by atoms with Crippen molar-refractivity contribution in [3.8, 4) is 0 Å². The molecule has 1 aliphatic carbocycles. The van der Waals surface area contributed by atoms with Gasteiger partial charge in [-0.2, -0.15) is 0 Å². The van der Waals surface area contributed by atoms with Gasteiger partial charge in [0, 0.05) is 18.9 Å². The third-order valence-electron chi connectivity index (χ3n) is 5.02. The molecule has 2 rings (SSSR count). The lowest BCUT2D eigenvalue weighted by Crippen LogP contribution is -2.45. The smallest absolute Gasteiger partial charge is 0.0804 e. The Labute approximate surface area is 129 Å². The third kappa shape index (κ3) is 4.52. The second-order valence-corrected chi connectivity index (χ2v) is 7.49. The molecule has 1 aromatic heterocycles. The van der Waals surface area contributed by atoms with Gasteiger partial charge < -0.3 is 10.5 Å². The fourth-order valence-corrected chi connectivity index (χ4v) is 3.35. The summed E-state index contributed by atoms with van der Waals surface area (Å²) in [6.07, 6.45) is 9.28. The van der Waals surface area contributed by atoms with E-state index in [1.54, 1.807) is 6.20 Å². The quantitative estimate of drug-likeness (QED) is 0.901. The first-order valence-electron chi connectivity index (χ1n) is 8.18. The Balaban J connectivity index is 1.83. The molecule has 3 heteroatoms. The summed E-state index contributed by atoms with van der Waals surface area (Å²) in [5.41, 5.74) is 7.57. The minimum atomic E-state index is -0.0933. The molecule has 1 saturated carbocycles. The molecule has 0 aliphatic heterocycles. The summed E-state index contributed by atoms with van der Waals surface area (Å²) in [7, 11) is 0. The average molecular weight is 290 g/mol. The lowest BCUT2D eigenvalue weighted by molar-refractivity contribution is -0.0785. The molecule has 2 N–H and O–H groups in total. The molecule has 21 heavy (non-hydrogen) atoms. The van der Waals surface area contributed by atoms with Crippen LogP contribution >= 0.6 is 0 Å². The number of aromatic nitrogens is 1. The fraction of sp³-hybridized carbons (Fsp3) is 0.722. The molecule has 0 saturated heterocycles. The average Bonchev–Trinajstić information content (AvgIpc) is 2.48. The zero-order valence-electron chi connectivity index (χ0n) is 13.8. The minimum Gasteiger partial charge on any atom is -0.373 e. The lowest BCUT2D eigenvalue weighted by atomic mass is 9.68. The van der Waals surface area contributed by atoms with Crippen molar-refractivity contribution in [2.45, 2.75) is 58.5 Å². The number of pyridine rings is 1. The van der Waals surface area contributed by atoms with Crippen molar-refractivity contribution in [2.24, 2.45) is 17.1 Å². The molecule has 1 aromatic rings. The molecule has 0 bridgehead atoms. The van der Waals surface area contributed by atoms with Gasteiger partial charge >= 0.3 is 0 Å².